The Hall–Kier alpha value is -3.61. The van der Waals surface area contributed by atoms with E-state index in [-0.39, 0.29) is 5.56 Å². The van der Waals surface area contributed by atoms with Crippen molar-refractivity contribution in [3.05, 3.63) is 60.2 Å². The van der Waals surface area contributed by atoms with Gasteiger partial charge < -0.3 is 19.9 Å². The van der Waals surface area contributed by atoms with E-state index in [1.165, 1.54) is 38.3 Å². The summed E-state index contributed by atoms with van der Waals surface area (Å²) in [6, 6.07) is 9.78. The number of nitrogens with one attached hydrogen (secondary N) is 3. The van der Waals surface area contributed by atoms with Gasteiger partial charge in [-0.1, -0.05) is 0 Å². The number of rotatable bonds is 11. The number of hydrogen-bond donors (Lipinski definition) is 3. The molecule has 1 amide bonds. The van der Waals surface area contributed by atoms with Crippen LogP contribution in [0.2, 0.25) is 0 Å². The first kappa shape index (κ1) is 25.5. The lowest BCUT2D eigenvalue weighted by atomic mass is 10.2. The monoisotopic (exact) mass is 514 g/mol. The molecule has 36 heavy (non-hydrogen) atoms. The molecule has 3 N–H and O–H groups in total. The highest BCUT2D eigenvalue weighted by Crippen LogP contribution is 2.36. The van der Waals surface area contributed by atoms with E-state index in [0.29, 0.717) is 47.0 Å². The highest BCUT2D eigenvalue weighted by molar-refractivity contribution is 7.92. The first-order chi connectivity index (χ1) is 17.3. The summed E-state index contributed by atoms with van der Waals surface area (Å²) in [6.45, 7) is 0.642. The Balaban J connectivity index is 1.67. The van der Waals surface area contributed by atoms with Gasteiger partial charge in [0.05, 0.1) is 55.3 Å². The van der Waals surface area contributed by atoms with Crippen LogP contribution in [0, 0.1) is 11.7 Å². The molecule has 1 unspecified atom stereocenters. The molecule has 1 atom stereocenters. The van der Waals surface area contributed by atoms with Crippen LogP contribution in [0.3, 0.4) is 0 Å². The molecule has 0 spiro atoms. The molecule has 0 radical (unpaired) electrons. The third-order valence-corrected chi connectivity index (χ3v) is 6.44. The highest BCUT2D eigenvalue weighted by atomic mass is 32.2. The molecule has 0 bridgehead atoms. The Morgan fingerprint density at radius 2 is 1.92 bits per heavy atom. The first-order valence-corrected chi connectivity index (χ1v) is 12.7. The molecule has 4 rings (SSSR count). The molecule has 10 nitrogen and oxygen atoms in total. The van der Waals surface area contributed by atoms with Gasteiger partial charge in [-0.15, -0.1) is 0 Å². The minimum Gasteiger partial charge on any atom is -0.593 e. The number of amides is 1. The zero-order chi connectivity index (χ0) is 25.7. The number of hydroxylamine groups is 1. The number of benzene rings is 1. The van der Waals surface area contributed by atoms with E-state index in [2.05, 4.69) is 26.1 Å². The van der Waals surface area contributed by atoms with Crippen molar-refractivity contribution < 1.29 is 23.3 Å². The SMILES string of the molecule is CONC(=O)c1cnc(Nc2ccc(F)cn2)cc1Nc1ccc(OCC2CC2)cc1N(C)[S+](C)[O-]. The summed E-state index contributed by atoms with van der Waals surface area (Å²) in [7, 11) is 3.04. The molecule has 2 aromatic heterocycles. The van der Waals surface area contributed by atoms with Gasteiger partial charge in [0.25, 0.3) is 5.91 Å². The highest BCUT2D eigenvalue weighted by Gasteiger charge is 2.23. The van der Waals surface area contributed by atoms with Gasteiger partial charge in [-0.05, 0) is 43.0 Å². The summed E-state index contributed by atoms with van der Waals surface area (Å²) in [4.78, 5) is 25.7. The second kappa shape index (κ2) is 11.4. The van der Waals surface area contributed by atoms with E-state index in [1.54, 1.807) is 29.7 Å². The average Bonchev–Trinajstić information content (AvgIpc) is 3.69. The van der Waals surface area contributed by atoms with Crippen molar-refractivity contribution in [3.63, 3.8) is 0 Å². The van der Waals surface area contributed by atoms with Gasteiger partial charge in [0, 0.05) is 18.3 Å². The summed E-state index contributed by atoms with van der Waals surface area (Å²) in [5.41, 5.74) is 4.10. The van der Waals surface area contributed by atoms with Gasteiger partial charge in [0.2, 0.25) is 0 Å². The largest absolute Gasteiger partial charge is 0.593 e. The second-order valence-corrected chi connectivity index (χ2v) is 9.61. The van der Waals surface area contributed by atoms with E-state index in [0.717, 1.165) is 6.20 Å². The fourth-order valence-electron chi connectivity index (χ4n) is 3.29. The van der Waals surface area contributed by atoms with Gasteiger partial charge in [0.15, 0.2) is 0 Å². The number of hydrogen-bond acceptors (Lipinski definition) is 9. The molecule has 1 fully saturated rings. The lowest BCUT2D eigenvalue weighted by Gasteiger charge is -2.23. The van der Waals surface area contributed by atoms with Gasteiger partial charge in [-0.2, -0.15) is 4.31 Å². The minimum atomic E-state index is -1.31. The molecule has 0 saturated heterocycles. The van der Waals surface area contributed by atoms with E-state index in [4.69, 9.17) is 9.57 Å². The standard InChI is InChI=1S/C24H27FN6O4S/c1-31(36(3)33)21-10-17(35-14-15-4-5-15)7-8-19(21)28-20-11-23(27-13-18(20)24(32)30-34-2)29-22-9-6-16(25)12-26-22/h6-13,15H,4-5,14H2,1-3H3,(H,30,32)(H2,26,27,28,29). The third kappa shape index (κ3) is 6.53. The molecular weight excluding hydrogens is 487 g/mol. The average molecular weight is 515 g/mol. The predicted octanol–water partition coefficient (Wildman–Crippen LogP) is 3.91. The normalized spacial score (nSPS) is 13.6. The smallest absolute Gasteiger partial charge is 0.278 e. The van der Waals surface area contributed by atoms with Crippen LogP contribution in [0.15, 0.2) is 48.8 Å². The summed E-state index contributed by atoms with van der Waals surface area (Å²) in [6.07, 6.45) is 6.37. The third-order valence-electron chi connectivity index (χ3n) is 5.47. The van der Waals surface area contributed by atoms with Crippen molar-refractivity contribution in [1.82, 2.24) is 15.4 Å². The molecule has 3 aromatic rings. The van der Waals surface area contributed by atoms with Gasteiger partial charge in [-0.25, -0.2) is 19.8 Å². The first-order valence-electron chi connectivity index (χ1n) is 11.2. The molecule has 1 saturated carbocycles. The van der Waals surface area contributed by atoms with Crippen molar-refractivity contribution in [1.29, 1.82) is 0 Å². The molecule has 190 valence electrons. The van der Waals surface area contributed by atoms with Crippen LogP contribution in [-0.2, 0) is 16.2 Å². The van der Waals surface area contributed by atoms with Crippen molar-refractivity contribution in [2.45, 2.75) is 12.8 Å². The molecule has 1 aliphatic rings. The van der Waals surface area contributed by atoms with E-state index >= 15 is 0 Å². The quantitative estimate of drug-likeness (QED) is 0.258. The summed E-state index contributed by atoms with van der Waals surface area (Å²) in [5.74, 6) is 1.02. The maximum atomic E-state index is 13.2. The van der Waals surface area contributed by atoms with Crippen LogP contribution in [-0.4, -0.2) is 47.4 Å². The van der Waals surface area contributed by atoms with Crippen LogP contribution in [0.5, 0.6) is 5.75 Å². The minimum absolute atomic E-state index is 0.203. The predicted molar refractivity (Wildman–Crippen MR) is 137 cm³/mol. The number of halogens is 1. The molecule has 1 aromatic carbocycles. The van der Waals surface area contributed by atoms with Crippen molar-refractivity contribution in [3.8, 4) is 5.75 Å². The van der Waals surface area contributed by atoms with E-state index in [1.807, 2.05) is 12.1 Å². The van der Waals surface area contributed by atoms with Gasteiger partial charge in [0.1, 0.15) is 35.1 Å². The van der Waals surface area contributed by atoms with Crippen molar-refractivity contribution >= 4 is 46.0 Å². The Bertz CT molecular complexity index is 1210. The zero-order valence-electron chi connectivity index (χ0n) is 20.1. The fourth-order valence-corrected chi connectivity index (χ4v) is 3.71. The van der Waals surface area contributed by atoms with Crippen LogP contribution in [0.4, 0.5) is 33.1 Å². The summed E-state index contributed by atoms with van der Waals surface area (Å²) < 4.78 is 33.0. The molecular formula is C24H27FN6O4S. The number of nitrogens with zero attached hydrogens (tertiary/aromatic N) is 3. The topological polar surface area (TPSA) is 124 Å². The Morgan fingerprint density at radius 3 is 2.58 bits per heavy atom. The van der Waals surface area contributed by atoms with E-state index in [9.17, 15) is 13.7 Å². The summed E-state index contributed by atoms with van der Waals surface area (Å²) >= 11 is -1.31. The number of ether oxygens (including phenoxy) is 1. The molecule has 0 aliphatic heterocycles. The van der Waals surface area contributed by atoms with Crippen LogP contribution < -0.4 is 25.2 Å². The number of aromatic nitrogens is 2. The molecule has 12 heteroatoms. The fraction of sp³-hybridized carbons (Fsp3) is 0.292. The lowest BCUT2D eigenvalue weighted by Crippen LogP contribution is -2.26. The lowest BCUT2D eigenvalue weighted by molar-refractivity contribution is 0.0538. The van der Waals surface area contributed by atoms with Crippen LogP contribution in [0.25, 0.3) is 0 Å². The number of carbonyl (C=O) groups excluding carboxylic acids is 1. The van der Waals surface area contributed by atoms with Gasteiger partial charge >= 0.3 is 0 Å². The molecule has 1 aliphatic carbocycles. The Labute approximate surface area is 211 Å². The van der Waals surface area contributed by atoms with Crippen LogP contribution >= 0.6 is 0 Å². The van der Waals surface area contributed by atoms with Gasteiger partial charge in [-0.3, -0.25) is 9.63 Å². The Morgan fingerprint density at radius 1 is 1.14 bits per heavy atom. The van der Waals surface area contributed by atoms with Crippen LogP contribution in [0.1, 0.15) is 23.2 Å². The molecule has 2 heterocycles. The summed E-state index contributed by atoms with van der Waals surface area (Å²) in [5, 5.41) is 6.23. The number of carbonyl (C=O) groups is 1. The number of anilines is 5. The zero-order valence-corrected chi connectivity index (χ0v) is 20.9. The maximum Gasteiger partial charge on any atom is 0.278 e. The number of pyridine rings is 2. The van der Waals surface area contributed by atoms with Crippen molar-refractivity contribution in [2.75, 3.05) is 42.0 Å². The van der Waals surface area contributed by atoms with Crippen molar-refractivity contribution in [2.24, 2.45) is 5.92 Å². The van der Waals surface area contributed by atoms with E-state index < -0.39 is 23.1 Å². The Kier molecular flexibility index (Phi) is 8.08. The second-order valence-electron chi connectivity index (χ2n) is 8.22. The maximum absolute atomic E-state index is 13.2.